The van der Waals surface area contributed by atoms with Crippen molar-refractivity contribution in [2.75, 3.05) is 13.7 Å². The predicted octanol–water partition coefficient (Wildman–Crippen LogP) is 3.29. The lowest BCUT2D eigenvalue weighted by Gasteiger charge is -2.22. The molecule has 0 atom stereocenters. The normalized spacial score (nSPS) is 16.1. The van der Waals surface area contributed by atoms with E-state index in [1.54, 1.807) is 7.11 Å². The SMILES string of the molecule is COc1cc(OCC2CCCCC2)cc(C(N)=S)c1. The Bertz CT molecular complexity index is 442. The van der Waals surface area contributed by atoms with E-state index in [9.17, 15) is 0 Å². The summed E-state index contributed by atoms with van der Waals surface area (Å²) in [6.45, 7) is 0.768. The summed E-state index contributed by atoms with van der Waals surface area (Å²) in [7, 11) is 1.63. The molecule has 0 aliphatic heterocycles. The van der Waals surface area contributed by atoms with Crippen LogP contribution in [0.25, 0.3) is 0 Å². The van der Waals surface area contributed by atoms with E-state index in [1.807, 2.05) is 18.2 Å². The maximum Gasteiger partial charge on any atom is 0.123 e. The van der Waals surface area contributed by atoms with Gasteiger partial charge in [-0.1, -0.05) is 31.5 Å². The van der Waals surface area contributed by atoms with Crippen molar-refractivity contribution in [3.05, 3.63) is 23.8 Å². The zero-order chi connectivity index (χ0) is 13.7. The van der Waals surface area contributed by atoms with Gasteiger partial charge in [0, 0.05) is 11.6 Å². The van der Waals surface area contributed by atoms with Gasteiger partial charge in [0.05, 0.1) is 13.7 Å². The highest BCUT2D eigenvalue weighted by atomic mass is 32.1. The number of benzene rings is 1. The highest BCUT2D eigenvalue weighted by molar-refractivity contribution is 7.80. The molecule has 2 rings (SSSR count). The fourth-order valence-corrected chi connectivity index (χ4v) is 2.60. The molecule has 2 N–H and O–H groups in total. The maximum absolute atomic E-state index is 5.88. The summed E-state index contributed by atoms with van der Waals surface area (Å²) in [5.74, 6) is 2.19. The Balaban J connectivity index is 2.02. The first-order valence-corrected chi connectivity index (χ1v) is 7.21. The van der Waals surface area contributed by atoms with Crippen LogP contribution in [0.2, 0.25) is 0 Å². The van der Waals surface area contributed by atoms with Crippen LogP contribution in [0.1, 0.15) is 37.7 Å². The van der Waals surface area contributed by atoms with Gasteiger partial charge < -0.3 is 15.2 Å². The third kappa shape index (κ3) is 4.10. The molecule has 1 aliphatic rings. The van der Waals surface area contributed by atoms with Crippen LogP contribution in [0.5, 0.6) is 11.5 Å². The van der Waals surface area contributed by atoms with Gasteiger partial charge in [-0.3, -0.25) is 0 Å². The van der Waals surface area contributed by atoms with Gasteiger partial charge in [-0.05, 0) is 30.9 Å². The second kappa shape index (κ2) is 6.75. The molecule has 0 bridgehead atoms. The van der Waals surface area contributed by atoms with Gasteiger partial charge in [0.25, 0.3) is 0 Å². The lowest BCUT2D eigenvalue weighted by atomic mass is 9.90. The molecule has 1 aromatic rings. The van der Waals surface area contributed by atoms with E-state index in [4.69, 9.17) is 27.4 Å². The van der Waals surface area contributed by atoms with E-state index >= 15 is 0 Å². The third-order valence-electron chi connectivity index (χ3n) is 3.61. The molecule has 1 aliphatic carbocycles. The molecule has 0 saturated heterocycles. The van der Waals surface area contributed by atoms with Crippen molar-refractivity contribution in [1.82, 2.24) is 0 Å². The molecule has 1 aromatic carbocycles. The minimum atomic E-state index is 0.362. The Kier molecular flexibility index (Phi) is 5.02. The third-order valence-corrected chi connectivity index (χ3v) is 3.85. The zero-order valence-electron chi connectivity index (χ0n) is 11.4. The number of ether oxygens (including phenoxy) is 2. The fourth-order valence-electron chi connectivity index (χ4n) is 2.48. The van der Waals surface area contributed by atoms with Crippen molar-refractivity contribution >= 4 is 17.2 Å². The lowest BCUT2D eigenvalue weighted by Crippen LogP contribution is -2.16. The summed E-state index contributed by atoms with van der Waals surface area (Å²) in [4.78, 5) is 0.362. The van der Waals surface area contributed by atoms with Crippen molar-refractivity contribution in [1.29, 1.82) is 0 Å². The van der Waals surface area contributed by atoms with Gasteiger partial charge in [0.2, 0.25) is 0 Å². The van der Waals surface area contributed by atoms with E-state index in [-0.39, 0.29) is 0 Å². The molecule has 3 nitrogen and oxygen atoms in total. The van der Waals surface area contributed by atoms with Crippen LogP contribution in [-0.2, 0) is 0 Å². The summed E-state index contributed by atoms with van der Waals surface area (Å²) in [5, 5.41) is 0. The van der Waals surface area contributed by atoms with E-state index in [0.29, 0.717) is 10.9 Å². The summed E-state index contributed by atoms with van der Waals surface area (Å²) >= 11 is 5.01. The minimum Gasteiger partial charge on any atom is -0.497 e. The van der Waals surface area contributed by atoms with Crippen molar-refractivity contribution in [3.63, 3.8) is 0 Å². The van der Waals surface area contributed by atoms with E-state index in [1.165, 1.54) is 32.1 Å². The first kappa shape index (κ1) is 14.1. The van der Waals surface area contributed by atoms with Crippen LogP contribution in [0.4, 0.5) is 0 Å². The average molecular weight is 279 g/mol. The molecule has 4 heteroatoms. The number of methoxy groups -OCH3 is 1. The number of thiocarbonyl (C=S) groups is 1. The summed E-state index contributed by atoms with van der Waals surface area (Å²) in [6, 6.07) is 5.59. The maximum atomic E-state index is 5.88. The Morgan fingerprint density at radius 2 is 1.89 bits per heavy atom. The number of rotatable bonds is 5. The predicted molar refractivity (Wildman–Crippen MR) is 81.0 cm³/mol. The highest BCUT2D eigenvalue weighted by Gasteiger charge is 2.14. The Hall–Kier alpha value is -1.29. The second-order valence-electron chi connectivity index (χ2n) is 5.08. The minimum absolute atomic E-state index is 0.362. The van der Waals surface area contributed by atoms with Crippen LogP contribution in [0, 0.1) is 5.92 Å². The molecule has 0 unspecified atom stereocenters. The van der Waals surface area contributed by atoms with Crippen LogP contribution in [-0.4, -0.2) is 18.7 Å². The Morgan fingerprint density at radius 3 is 2.53 bits per heavy atom. The molecule has 0 heterocycles. The van der Waals surface area contributed by atoms with Gasteiger partial charge in [-0.25, -0.2) is 0 Å². The van der Waals surface area contributed by atoms with Crippen LogP contribution in [0.15, 0.2) is 18.2 Å². The Morgan fingerprint density at radius 1 is 1.21 bits per heavy atom. The van der Waals surface area contributed by atoms with Crippen molar-refractivity contribution in [2.24, 2.45) is 11.7 Å². The van der Waals surface area contributed by atoms with Crippen LogP contribution in [0.3, 0.4) is 0 Å². The highest BCUT2D eigenvalue weighted by Crippen LogP contribution is 2.27. The molecule has 0 spiro atoms. The van der Waals surface area contributed by atoms with Gasteiger partial charge in [0.15, 0.2) is 0 Å². The van der Waals surface area contributed by atoms with Gasteiger partial charge >= 0.3 is 0 Å². The largest absolute Gasteiger partial charge is 0.497 e. The van der Waals surface area contributed by atoms with Crippen molar-refractivity contribution in [3.8, 4) is 11.5 Å². The van der Waals surface area contributed by atoms with Crippen molar-refractivity contribution < 1.29 is 9.47 Å². The van der Waals surface area contributed by atoms with Crippen molar-refractivity contribution in [2.45, 2.75) is 32.1 Å². The molecule has 1 saturated carbocycles. The van der Waals surface area contributed by atoms with E-state index in [2.05, 4.69) is 0 Å². The molecular weight excluding hydrogens is 258 g/mol. The van der Waals surface area contributed by atoms with Gasteiger partial charge in [-0.2, -0.15) is 0 Å². The first-order chi connectivity index (χ1) is 9.19. The molecule has 19 heavy (non-hydrogen) atoms. The number of hydrogen-bond donors (Lipinski definition) is 1. The van der Waals surface area contributed by atoms with Crippen LogP contribution >= 0.6 is 12.2 Å². The Labute approximate surface area is 120 Å². The molecule has 0 aromatic heterocycles. The van der Waals surface area contributed by atoms with Gasteiger partial charge in [-0.15, -0.1) is 0 Å². The smallest absolute Gasteiger partial charge is 0.123 e. The standard InChI is InChI=1S/C15H21NO2S/c1-17-13-7-12(15(16)19)8-14(9-13)18-10-11-5-3-2-4-6-11/h7-9,11H,2-6,10H2,1H3,(H2,16,19). The summed E-state index contributed by atoms with van der Waals surface area (Å²) < 4.78 is 11.1. The topological polar surface area (TPSA) is 44.5 Å². The number of nitrogens with two attached hydrogens (primary N) is 1. The lowest BCUT2D eigenvalue weighted by molar-refractivity contribution is 0.208. The second-order valence-corrected chi connectivity index (χ2v) is 5.52. The zero-order valence-corrected chi connectivity index (χ0v) is 12.2. The molecule has 1 fully saturated rings. The average Bonchev–Trinajstić information content (AvgIpc) is 2.45. The summed E-state index contributed by atoms with van der Waals surface area (Å²) in [5.41, 5.74) is 6.45. The van der Waals surface area contributed by atoms with E-state index < -0.39 is 0 Å². The molecular formula is C15H21NO2S. The quantitative estimate of drug-likeness (QED) is 0.840. The van der Waals surface area contributed by atoms with Crippen LogP contribution < -0.4 is 15.2 Å². The molecule has 0 amide bonds. The van der Waals surface area contributed by atoms with E-state index in [0.717, 1.165) is 23.7 Å². The molecule has 104 valence electrons. The fraction of sp³-hybridized carbons (Fsp3) is 0.533. The number of hydrogen-bond acceptors (Lipinski definition) is 3. The first-order valence-electron chi connectivity index (χ1n) is 6.80. The van der Waals surface area contributed by atoms with Gasteiger partial charge in [0.1, 0.15) is 16.5 Å². The monoisotopic (exact) mass is 279 g/mol. The summed E-state index contributed by atoms with van der Waals surface area (Å²) in [6.07, 6.45) is 6.55. The molecule has 0 radical (unpaired) electrons.